The maximum Gasteiger partial charge on any atom is 0.247 e. The number of carbonyl (C=O) groups is 1. The average Bonchev–Trinajstić information content (AvgIpc) is 2.90. The Hall–Kier alpha value is -2.89. The third-order valence-electron chi connectivity index (χ3n) is 3.03. The van der Waals surface area contributed by atoms with E-state index in [4.69, 9.17) is 4.74 Å². The molecule has 0 spiro atoms. The number of hydrogen-bond donors (Lipinski definition) is 2. The van der Waals surface area contributed by atoms with E-state index in [9.17, 15) is 9.59 Å². The van der Waals surface area contributed by atoms with Gasteiger partial charge in [0.1, 0.15) is 11.4 Å². The van der Waals surface area contributed by atoms with Crippen molar-refractivity contribution in [2.75, 3.05) is 7.11 Å². The van der Waals surface area contributed by atoms with E-state index in [-0.39, 0.29) is 11.3 Å². The highest BCUT2D eigenvalue weighted by molar-refractivity contribution is 6.14. The van der Waals surface area contributed by atoms with Gasteiger partial charge in [-0.05, 0) is 18.2 Å². The molecule has 20 heavy (non-hydrogen) atoms. The molecule has 0 atom stereocenters. The van der Waals surface area contributed by atoms with Crippen LogP contribution in [0.1, 0.15) is 16.1 Å². The zero-order chi connectivity index (χ0) is 14.1. The Morgan fingerprint density at radius 3 is 2.80 bits per heavy atom. The van der Waals surface area contributed by atoms with Crippen molar-refractivity contribution in [3.05, 3.63) is 58.1 Å². The monoisotopic (exact) mass is 269 g/mol. The van der Waals surface area contributed by atoms with E-state index in [1.54, 1.807) is 25.3 Å². The molecule has 2 heterocycles. The highest BCUT2D eigenvalue weighted by Gasteiger charge is 2.16. The molecule has 0 aliphatic rings. The molecule has 0 fully saturated rings. The molecule has 0 amide bonds. The van der Waals surface area contributed by atoms with Crippen LogP contribution in [0.15, 0.2) is 41.3 Å². The van der Waals surface area contributed by atoms with Gasteiger partial charge in [0, 0.05) is 29.3 Å². The SMILES string of the molecule is COc1ccc2c(C(=O)c3ccc(=O)[nH]c3)n[nH]c2c1. The normalized spacial score (nSPS) is 10.7. The lowest BCUT2D eigenvalue weighted by Crippen LogP contribution is -2.08. The van der Waals surface area contributed by atoms with Crippen molar-refractivity contribution in [2.24, 2.45) is 0 Å². The molecular formula is C14H11N3O3. The molecule has 0 aliphatic heterocycles. The first kappa shape index (κ1) is 12.2. The summed E-state index contributed by atoms with van der Waals surface area (Å²) in [4.78, 5) is 25.8. The standard InChI is InChI=1S/C14H11N3O3/c1-20-9-3-4-10-11(6-9)16-17-13(10)14(19)8-2-5-12(18)15-7-8/h2-7H,1H3,(H,15,18)(H,16,17). The van der Waals surface area contributed by atoms with Crippen LogP contribution in [-0.2, 0) is 0 Å². The first-order valence-corrected chi connectivity index (χ1v) is 5.94. The summed E-state index contributed by atoms with van der Waals surface area (Å²) in [5.74, 6) is 0.432. The Morgan fingerprint density at radius 2 is 2.10 bits per heavy atom. The van der Waals surface area contributed by atoms with Crippen molar-refractivity contribution in [3.8, 4) is 5.75 Å². The first-order chi connectivity index (χ1) is 9.69. The summed E-state index contributed by atoms with van der Waals surface area (Å²) in [5, 5.41) is 7.56. The molecule has 6 nitrogen and oxygen atoms in total. The van der Waals surface area contributed by atoms with Gasteiger partial charge in [0.05, 0.1) is 12.6 Å². The number of pyridine rings is 1. The maximum atomic E-state index is 12.4. The number of carbonyl (C=O) groups excluding carboxylic acids is 1. The van der Waals surface area contributed by atoms with Crippen LogP contribution in [0.5, 0.6) is 5.75 Å². The molecule has 2 aromatic heterocycles. The van der Waals surface area contributed by atoms with E-state index in [1.165, 1.54) is 18.3 Å². The van der Waals surface area contributed by atoms with Crippen LogP contribution in [0.25, 0.3) is 10.9 Å². The van der Waals surface area contributed by atoms with Gasteiger partial charge < -0.3 is 9.72 Å². The largest absolute Gasteiger partial charge is 0.497 e. The number of rotatable bonds is 3. The number of benzene rings is 1. The average molecular weight is 269 g/mol. The summed E-state index contributed by atoms with van der Waals surface area (Å²) in [6.07, 6.45) is 1.38. The maximum absolute atomic E-state index is 12.4. The third-order valence-corrected chi connectivity index (χ3v) is 3.03. The van der Waals surface area contributed by atoms with E-state index in [0.29, 0.717) is 22.4 Å². The quantitative estimate of drug-likeness (QED) is 0.705. The predicted molar refractivity (Wildman–Crippen MR) is 73.1 cm³/mol. The van der Waals surface area contributed by atoms with E-state index < -0.39 is 0 Å². The summed E-state index contributed by atoms with van der Waals surface area (Å²) in [6.45, 7) is 0. The van der Waals surface area contributed by atoms with Gasteiger partial charge in [0.25, 0.3) is 0 Å². The van der Waals surface area contributed by atoms with Crippen LogP contribution in [0.2, 0.25) is 0 Å². The fourth-order valence-electron chi connectivity index (χ4n) is 1.99. The molecule has 0 unspecified atom stereocenters. The lowest BCUT2D eigenvalue weighted by atomic mass is 10.1. The number of fused-ring (bicyclic) bond motifs is 1. The number of ketones is 1. The van der Waals surface area contributed by atoms with E-state index in [2.05, 4.69) is 15.2 Å². The fraction of sp³-hybridized carbons (Fsp3) is 0.0714. The molecule has 100 valence electrons. The molecule has 0 saturated heterocycles. The molecular weight excluding hydrogens is 258 g/mol. The number of ether oxygens (including phenoxy) is 1. The van der Waals surface area contributed by atoms with E-state index in [1.807, 2.05) is 0 Å². The van der Waals surface area contributed by atoms with E-state index >= 15 is 0 Å². The molecule has 0 bridgehead atoms. The van der Waals surface area contributed by atoms with Crippen LogP contribution in [0.4, 0.5) is 0 Å². The lowest BCUT2D eigenvalue weighted by molar-refractivity contribution is 0.103. The summed E-state index contributed by atoms with van der Waals surface area (Å²) < 4.78 is 5.12. The van der Waals surface area contributed by atoms with Gasteiger partial charge in [-0.1, -0.05) is 0 Å². The van der Waals surface area contributed by atoms with Crippen LogP contribution in [0, 0.1) is 0 Å². The van der Waals surface area contributed by atoms with Gasteiger partial charge in [-0.2, -0.15) is 5.10 Å². The summed E-state index contributed by atoms with van der Waals surface area (Å²) in [6, 6.07) is 8.10. The molecule has 3 rings (SSSR count). The smallest absolute Gasteiger partial charge is 0.247 e. The summed E-state index contributed by atoms with van der Waals surface area (Å²) >= 11 is 0. The number of aromatic amines is 2. The van der Waals surface area contributed by atoms with Gasteiger partial charge in [0.15, 0.2) is 0 Å². The van der Waals surface area contributed by atoms with Gasteiger partial charge in [-0.15, -0.1) is 0 Å². The van der Waals surface area contributed by atoms with Gasteiger partial charge in [0.2, 0.25) is 11.3 Å². The number of nitrogens with one attached hydrogen (secondary N) is 2. The molecule has 0 saturated carbocycles. The number of hydrogen-bond acceptors (Lipinski definition) is 4. The zero-order valence-electron chi connectivity index (χ0n) is 10.6. The van der Waals surface area contributed by atoms with Crippen molar-refractivity contribution in [1.82, 2.24) is 15.2 Å². The number of nitrogens with zero attached hydrogens (tertiary/aromatic N) is 1. The minimum Gasteiger partial charge on any atom is -0.497 e. The van der Waals surface area contributed by atoms with Gasteiger partial charge in [-0.25, -0.2) is 0 Å². The minimum absolute atomic E-state index is 0.252. The Kier molecular flexibility index (Phi) is 2.83. The molecule has 6 heteroatoms. The van der Waals surface area contributed by atoms with Crippen molar-refractivity contribution in [1.29, 1.82) is 0 Å². The minimum atomic E-state index is -0.252. The Morgan fingerprint density at radius 1 is 1.25 bits per heavy atom. The first-order valence-electron chi connectivity index (χ1n) is 5.94. The van der Waals surface area contributed by atoms with Crippen molar-refractivity contribution in [2.45, 2.75) is 0 Å². The van der Waals surface area contributed by atoms with Gasteiger partial charge >= 0.3 is 0 Å². The van der Waals surface area contributed by atoms with Crippen LogP contribution < -0.4 is 10.3 Å². The Bertz CT molecular complexity index is 828. The third kappa shape index (κ3) is 1.97. The zero-order valence-corrected chi connectivity index (χ0v) is 10.6. The summed E-state index contributed by atoms with van der Waals surface area (Å²) in [7, 11) is 1.57. The van der Waals surface area contributed by atoms with E-state index in [0.717, 1.165) is 5.52 Å². The highest BCUT2D eigenvalue weighted by Crippen LogP contribution is 2.22. The number of methoxy groups -OCH3 is 1. The molecule has 1 aromatic carbocycles. The lowest BCUT2D eigenvalue weighted by Gasteiger charge is -1.99. The van der Waals surface area contributed by atoms with Crippen molar-refractivity contribution in [3.63, 3.8) is 0 Å². The van der Waals surface area contributed by atoms with Crippen LogP contribution >= 0.6 is 0 Å². The number of H-pyrrole nitrogens is 2. The van der Waals surface area contributed by atoms with Gasteiger partial charge in [-0.3, -0.25) is 14.7 Å². The van der Waals surface area contributed by atoms with Crippen molar-refractivity contribution >= 4 is 16.7 Å². The molecule has 0 aliphatic carbocycles. The van der Waals surface area contributed by atoms with Crippen LogP contribution in [0.3, 0.4) is 0 Å². The fourth-order valence-corrected chi connectivity index (χ4v) is 1.99. The second-order valence-electron chi connectivity index (χ2n) is 4.25. The Labute approximate surface area is 113 Å². The molecule has 0 radical (unpaired) electrons. The second kappa shape index (κ2) is 4.65. The molecule has 3 aromatic rings. The topological polar surface area (TPSA) is 87.8 Å². The predicted octanol–water partition coefficient (Wildman–Crippen LogP) is 1.49. The molecule has 2 N–H and O–H groups in total. The summed E-state index contributed by atoms with van der Waals surface area (Å²) in [5.41, 5.74) is 1.17. The Balaban J connectivity index is 2.08. The highest BCUT2D eigenvalue weighted by atomic mass is 16.5. The number of aromatic nitrogens is 3. The van der Waals surface area contributed by atoms with Crippen molar-refractivity contribution < 1.29 is 9.53 Å². The second-order valence-corrected chi connectivity index (χ2v) is 4.25. The van der Waals surface area contributed by atoms with Crippen LogP contribution in [-0.4, -0.2) is 28.1 Å².